The summed E-state index contributed by atoms with van der Waals surface area (Å²) in [4.78, 5) is 51.9. The van der Waals surface area contributed by atoms with E-state index in [0.29, 0.717) is 64.3 Å². The molecule has 13 heteroatoms. The smallest absolute Gasteiger partial charge is 0.308 e. The van der Waals surface area contributed by atoms with Crippen LogP contribution in [0.2, 0.25) is 0 Å². The summed E-state index contributed by atoms with van der Waals surface area (Å²) in [5.74, 6) is 1.55. The average molecular weight is 749 g/mol. The number of methoxy groups -OCH3 is 3. The van der Waals surface area contributed by atoms with E-state index >= 15 is 0 Å². The van der Waals surface area contributed by atoms with E-state index in [2.05, 4.69) is 22.1 Å². The molecule has 0 spiro atoms. The minimum Gasteiger partial charge on any atom is -0.493 e. The van der Waals surface area contributed by atoms with Crippen molar-refractivity contribution in [2.45, 2.75) is 58.4 Å². The van der Waals surface area contributed by atoms with Gasteiger partial charge in [-0.05, 0) is 68.1 Å². The first-order chi connectivity index (χ1) is 26.7. The molecule has 2 atom stereocenters. The molecule has 4 heterocycles. The molecule has 0 saturated carbocycles. The Morgan fingerprint density at radius 1 is 0.691 bits per heavy atom. The van der Waals surface area contributed by atoms with Gasteiger partial charge in [0.15, 0.2) is 23.0 Å². The zero-order valence-electron chi connectivity index (χ0n) is 31.6. The second-order valence-electron chi connectivity index (χ2n) is 13.6. The van der Waals surface area contributed by atoms with Gasteiger partial charge in [-0.3, -0.25) is 24.4 Å². The fraction of sp³-hybridized carbons (Fsp3) is 0.357. The van der Waals surface area contributed by atoms with Gasteiger partial charge in [0.2, 0.25) is 0 Å². The third-order valence-electron chi connectivity index (χ3n) is 10.2. The molecular formula is C42H44N4O9. The number of ether oxygens (including phenoxy) is 6. The second-order valence-corrected chi connectivity index (χ2v) is 13.6. The van der Waals surface area contributed by atoms with Gasteiger partial charge >= 0.3 is 5.97 Å². The number of aliphatic imine (C=N–C) groups is 2. The van der Waals surface area contributed by atoms with Crippen LogP contribution in [0, 0.1) is 0 Å². The summed E-state index contributed by atoms with van der Waals surface area (Å²) in [5.41, 5.74) is 5.82. The van der Waals surface area contributed by atoms with Gasteiger partial charge in [0.25, 0.3) is 11.8 Å². The lowest BCUT2D eigenvalue weighted by molar-refractivity contribution is -0.141. The third-order valence-corrected chi connectivity index (χ3v) is 10.2. The average Bonchev–Trinajstić information content (AvgIpc) is 3.77. The summed E-state index contributed by atoms with van der Waals surface area (Å²) >= 11 is 0. The van der Waals surface area contributed by atoms with Gasteiger partial charge in [0.05, 0.1) is 68.9 Å². The van der Waals surface area contributed by atoms with E-state index in [1.807, 2.05) is 54.3 Å². The van der Waals surface area contributed by atoms with Crippen LogP contribution in [0.5, 0.6) is 28.7 Å². The number of amides is 2. The number of hydrogen-bond acceptors (Lipinski definition) is 11. The molecule has 2 saturated heterocycles. The largest absolute Gasteiger partial charge is 0.493 e. The maximum absolute atomic E-state index is 13.6. The van der Waals surface area contributed by atoms with E-state index in [1.165, 1.54) is 32.5 Å². The summed E-state index contributed by atoms with van der Waals surface area (Å²) in [6.45, 7) is 5.43. The summed E-state index contributed by atoms with van der Waals surface area (Å²) in [7, 11) is 4.39. The SMILES string of the molecule is C/C=C1\C[C@H]2C=Nc3cc(OCc4cc(COc5cc6c(cc5OC)C(=O)N5C/C(=C/C)C[C@H]5C=N6)cc(OCCC(=O)OC)c4)c(OC)cc3C(=O)N2C1. The fourth-order valence-electron chi connectivity index (χ4n) is 7.18. The molecule has 7 rings (SSSR count). The number of carbonyl (C=O) groups excluding carboxylic acids is 3. The van der Waals surface area contributed by atoms with Crippen molar-refractivity contribution in [3.63, 3.8) is 0 Å². The highest BCUT2D eigenvalue weighted by atomic mass is 16.5. The van der Waals surface area contributed by atoms with E-state index in [0.717, 1.165) is 24.0 Å². The molecule has 286 valence electrons. The Bertz CT molecular complexity index is 2000. The summed E-state index contributed by atoms with van der Waals surface area (Å²) < 4.78 is 34.7. The van der Waals surface area contributed by atoms with Gasteiger partial charge in [-0.15, -0.1) is 0 Å². The van der Waals surface area contributed by atoms with E-state index in [9.17, 15) is 14.4 Å². The van der Waals surface area contributed by atoms with Crippen LogP contribution in [-0.2, 0) is 22.7 Å². The van der Waals surface area contributed by atoms with Crippen LogP contribution in [-0.4, -0.2) is 93.1 Å². The van der Waals surface area contributed by atoms with Crippen LogP contribution in [0.3, 0.4) is 0 Å². The number of hydrogen-bond donors (Lipinski definition) is 0. The van der Waals surface area contributed by atoms with Gasteiger partial charge < -0.3 is 38.2 Å². The van der Waals surface area contributed by atoms with E-state index in [1.54, 1.807) is 24.3 Å². The van der Waals surface area contributed by atoms with Crippen LogP contribution < -0.4 is 23.7 Å². The van der Waals surface area contributed by atoms with Gasteiger partial charge in [0.1, 0.15) is 19.0 Å². The van der Waals surface area contributed by atoms with Crippen molar-refractivity contribution in [1.29, 1.82) is 0 Å². The number of carbonyl (C=O) groups is 3. The normalized spacial score (nSPS) is 19.7. The lowest BCUT2D eigenvalue weighted by atomic mass is 10.1. The number of esters is 1. The Kier molecular flexibility index (Phi) is 10.9. The second kappa shape index (κ2) is 16.1. The zero-order valence-corrected chi connectivity index (χ0v) is 31.6. The monoisotopic (exact) mass is 748 g/mol. The van der Waals surface area contributed by atoms with Crippen LogP contribution >= 0.6 is 0 Å². The van der Waals surface area contributed by atoms with Crippen molar-refractivity contribution < 1.29 is 42.8 Å². The number of nitrogens with zero attached hydrogens (tertiary/aromatic N) is 4. The Labute approximate surface area is 319 Å². The molecule has 0 aromatic heterocycles. The predicted octanol–water partition coefficient (Wildman–Crippen LogP) is 6.56. The topological polar surface area (TPSA) is 138 Å². The molecule has 2 amide bonds. The van der Waals surface area contributed by atoms with E-state index in [4.69, 9.17) is 28.4 Å². The van der Waals surface area contributed by atoms with Gasteiger partial charge in [-0.2, -0.15) is 0 Å². The molecule has 3 aromatic rings. The molecule has 2 fully saturated rings. The highest BCUT2D eigenvalue weighted by Gasteiger charge is 2.36. The van der Waals surface area contributed by atoms with Crippen molar-refractivity contribution in [1.82, 2.24) is 9.80 Å². The number of rotatable bonds is 12. The molecule has 0 bridgehead atoms. The molecule has 4 aliphatic rings. The molecule has 0 N–H and O–H groups in total. The Morgan fingerprint density at radius 3 is 1.62 bits per heavy atom. The highest BCUT2D eigenvalue weighted by molar-refractivity contribution is 6.04. The molecule has 0 radical (unpaired) electrons. The molecule has 0 unspecified atom stereocenters. The van der Waals surface area contributed by atoms with E-state index in [-0.39, 0.29) is 56.1 Å². The maximum atomic E-state index is 13.6. The van der Waals surface area contributed by atoms with Crippen molar-refractivity contribution >= 4 is 41.6 Å². The van der Waals surface area contributed by atoms with Crippen molar-refractivity contribution in [3.05, 3.63) is 88.0 Å². The fourth-order valence-corrected chi connectivity index (χ4v) is 7.18. The Hall–Kier alpha value is -6.11. The van der Waals surface area contributed by atoms with Crippen molar-refractivity contribution in [2.24, 2.45) is 9.98 Å². The maximum Gasteiger partial charge on any atom is 0.308 e. The first-order valence-corrected chi connectivity index (χ1v) is 18.2. The van der Waals surface area contributed by atoms with Crippen LogP contribution in [0.15, 0.2) is 75.7 Å². The molecular weight excluding hydrogens is 704 g/mol. The van der Waals surface area contributed by atoms with Crippen molar-refractivity contribution in [2.75, 3.05) is 41.0 Å². The minimum atomic E-state index is -0.388. The Morgan fingerprint density at radius 2 is 1.18 bits per heavy atom. The van der Waals surface area contributed by atoms with Crippen LogP contribution in [0.1, 0.15) is 65.0 Å². The number of allylic oxidation sites excluding steroid dienone is 2. The zero-order chi connectivity index (χ0) is 38.6. The Balaban J connectivity index is 1.12. The minimum absolute atomic E-state index is 0.0723. The standard InChI is InChI=1S/C42H44N4O9/c1-6-25-11-29-19-43-34-17-38(36(50-3)15-32(34)41(48)45(29)21-25)54-23-27-10-28(14-31(13-27)53-9-8-40(47)52-5)24-55-39-18-35-33(16-37(39)51-4)42(49)46-22-26(7-2)12-30(46)20-44-35/h6-7,10,13-20,29-30H,8-9,11-12,21-24H2,1-5H3/b25-6+,26-7+/t29-,30-/m0/s1. The first-order valence-electron chi connectivity index (χ1n) is 18.2. The molecule has 0 aliphatic carbocycles. The van der Waals surface area contributed by atoms with Crippen LogP contribution in [0.25, 0.3) is 0 Å². The van der Waals surface area contributed by atoms with Gasteiger partial charge in [-0.1, -0.05) is 23.3 Å². The van der Waals surface area contributed by atoms with E-state index < -0.39 is 0 Å². The summed E-state index contributed by atoms with van der Waals surface area (Å²) in [5, 5.41) is 0. The number of fused-ring (bicyclic) bond motifs is 4. The van der Waals surface area contributed by atoms with Gasteiger partial charge in [-0.25, -0.2) is 0 Å². The molecule has 3 aromatic carbocycles. The molecule has 55 heavy (non-hydrogen) atoms. The molecule has 4 aliphatic heterocycles. The first kappa shape index (κ1) is 37.2. The lowest BCUT2D eigenvalue weighted by Crippen LogP contribution is -2.35. The lowest BCUT2D eigenvalue weighted by Gasteiger charge is -2.20. The summed E-state index contributed by atoms with van der Waals surface area (Å²) in [6.07, 6.45) is 9.34. The third kappa shape index (κ3) is 7.78. The highest BCUT2D eigenvalue weighted by Crippen LogP contribution is 2.41. The summed E-state index contributed by atoms with van der Waals surface area (Å²) in [6, 6.07) is 12.2. The predicted molar refractivity (Wildman–Crippen MR) is 206 cm³/mol. The molecule has 13 nitrogen and oxygen atoms in total. The van der Waals surface area contributed by atoms with Crippen molar-refractivity contribution in [3.8, 4) is 28.7 Å². The number of benzene rings is 3. The van der Waals surface area contributed by atoms with Crippen LogP contribution in [0.4, 0.5) is 11.4 Å². The van der Waals surface area contributed by atoms with Gasteiger partial charge in [0, 0.05) is 37.7 Å². The quantitative estimate of drug-likeness (QED) is 0.149.